The van der Waals surface area contributed by atoms with Crippen LogP contribution in [0.4, 0.5) is 0 Å². The monoisotopic (exact) mass is 243 g/mol. The molecule has 0 aromatic heterocycles. The molecule has 0 aliphatic rings. The highest BCUT2D eigenvalue weighted by Gasteiger charge is 2.00. The van der Waals surface area contributed by atoms with Gasteiger partial charge in [-0.25, -0.2) is 0 Å². The predicted molar refractivity (Wildman–Crippen MR) is 57.6 cm³/mol. The van der Waals surface area contributed by atoms with Crippen molar-refractivity contribution in [2.45, 2.75) is 13.0 Å². The Morgan fingerprint density at radius 3 is 2.77 bits per heavy atom. The van der Waals surface area contributed by atoms with E-state index < -0.39 is 0 Å². The summed E-state index contributed by atoms with van der Waals surface area (Å²) in [5.74, 6) is 0. The number of hydrogen-bond donors (Lipinski definition) is 1. The Hall–Kier alpha value is -0.380. The molecule has 13 heavy (non-hydrogen) atoms. The molecule has 0 unspecified atom stereocenters. The van der Waals surface area contributed by atoms with Crippen LogP contribution in [-0.2, 0) is 17.8 Å². The van der Waals surface area contributed by atoms with Crippen LogP contribution in [0.3, 0.4) is 0 Å². The van der Waals surface area contributed by atoms with Gasteiger partial charge in [-0.3, -0.25) is 0 Å². The third kappa shape index (κ3) is 3.10. The lowest BCUT2D eigenvalue weighted by Gasteiger charge is -2.05. The fraction of sp³-hybridized carbons (Fsp3) is 0.400. The van der Waals surface area contributed by atoms with E-state index in [-0.39, 0.29) is 0 Å². The van der Waals surface area contributed by atoms with Crippen LogP contribution in [0.25, 0.3) is 0 Å². The highest BCUT2D eigenvalue weighted by molar-refractivity contribution is 9.10. The molecule has 0 saturated heterocycles. The second kappa shape index (κ2) is 5.37. The topological polar surface area (TPSA) is 35.2 Å². The summed E-state index contributed by atoms with van der Waals surface area (Å²) in [6.07, 6.45) is 0.922. The number of rotatable bonds is 4. The molecule has 1 aromatic rings. The molecule has 2 nitrogen and oxygen atoms in total. The van der Waals surface area contributed by atoms with Crippen molar-refractivity contribution < 1.29 is 4.74 Å². The van der Waals surface area contributed by atoms with Gasteiger partial charge in [0.05, 0.1) is 6.61 Å². The third-order valence-corrected chi connectivity index (χ3v) is 2.59. The molecule has 0 atom stereocenters. The largest absolute Gasteiger partial charge is 0.380 e. The Morgan fingerprint density at radius 2 is 2.23 bits per heavy atom. The Balaban J connectivity index is 2.79. The molecule has 0 fully saturated rings. The fourth-order valence-electron chi connectivity index (χ4n) is 1.19. The number of benzene rings is 1. The van der Waals surface area contributed by atoms with E-state index in [1.54, 1.807) is 7.11 Å². The van der Waals surface area contributed by atoms with Gasteiger partial charge in [-0.1, -0.05) is 28.1 Å². The molecule has 0 radical (unpaired) electrons. The first-order chi connectivity index (χ1) is 6.27. The smallest absolute Gasteiger partial charge is 0.0724 e. The Kier molecular flexibility index (Phi) is 4.42. The summed E-state index contributed by atoms with van der Waals surface area (Å²) in [5.41, 5.74) is 7.90. The molecular weight excluding hydrogens is 230 g/mol. The van der Waals surface area contributed by atoms with Crippen LogP contribution in [0.15, 0.2) is 22.7 Å². The summed E-state index contributed by atoms with van der Waals surface area (Å²) in [6.45, 7) is 1.33. The van der Waals surface area contributed by atoms with Gasteiger partial charge < -0.3 is 10.5 Å². The van der Waals surface area contributed by atoms with E-state index in [1.165, 1.54) is 11.1 Å². The number of nitrogens with two attached hydrogens (primary N) is 1. The van der Waals surface area contributed by atoms with Crippen LogP contribution < -0.4 is 5.73 Å². The number of halogens is 1. The van der Waals surface area contributed by atoms with Gasteiger partial charge in [0.2, 0.25) is 0 Å². The van der Waals surface area contributed by atoms with Crippen molar-refractivity contribution in [2.24, 2.45) is 5.73 Å². The summed E-state index contributed by atoms with van der Waals surface area (Å²) in [5, 5.41) is 0. The molecule has 72 valence electrons. The standard InChI is InChI=1S/C10H14BrNO/c1-13-7-9-3-2-8(4-5-12)6-10(9)11/h2-3,6H,4-5,7,12H2,1H3. The van der Waals surface area contributed by atoms with Crippen molar-refractivity contribution in [1.29, 1.82) is 0 Å². The molecule has 0 aliphatic carbocycles. The van der Waals surface area contributed by atoms with E-state index >= 15 is 0 Å². The first-order valence-corrected chi connectivity index (χ1v) is 5.03. The van der Waals surface area contributed by atoms with Crippen LogP contribution in [-0.4, -0.2) is 13.7 Å². The van der Waals surface area contributed by atoms with Crippen molar-refractivity contribution in [3.05, 3.63) is 33.8 Å². The van der Waals surface area contributed by atoms with Crippen LogP contribution >= 0.6 is 15.9 Å². The molecule has 2 N–H and O–H groups in total. The van der Waals surface area contributed by atoms with Gasteiger partial charge in [0.15, 0.2) is 0 Å². The van der Waals surface area contributed by atoms with Crippen molar-refractivity contribution in [3.8, 4) is 0 Å². The van der Waals surface area contributed by atoms with Gasteiger partial charge in [-0.15, -0.1) is 0 Å². The van der Waals surface area contributed by atoms with E-state index in [0.29, 0.717) is 13.2 Å². The lowest BCUT2D eigenvalue weighted by Crippen LogP contribution is -2.03. The van der Waals surface area contributed by atoms with Crippen molar-refractivity contribution in [1.82, 2.24) is 0 Å². The fourth-order valence-corrected chi connectivity index (χ4v) is 1.73. The highest BCUT2D eigenvalue weighted by atomic mass is 79.9. The summed E-state index contributed by atoms with van der Waals surface area (Å²) in [4.78, 5) is 0. The van der Waals surface area contributed by atoms with E-state index in [0.717, 1.165) is 10.9 Å². The number of ether oxygens (including phenoxy) is 1. The molecule has 0 bridgehead atoms. The first kappa shape index (κ1) is 10.7. The van der Waals surface area contributed by atoms with Crippen molar-refractivity contribution in [2.75, 3.05) is 13.7 Å². The normalized spacial score (nSPS) is 10.4. The molecule has 0 aliphatic heterocycles. The van der Waals surface area contributed by atoms with Gasteiger partial charge in [0.25, 0.3) is 0 Å². The van der Waals surface area contributed by atoms with Gasteiger partial charge in [-0.05, 0) is 30.2 Å². The Morgan fingerprint density at radius 1 is 1.46 bits per heavy atom. The first-order valence-electron chi connectivity index (χ1n) is 4.24. The van der Waals surface area contributed by atoms with Gasteiger partial charge in [0.1, 0.15) is 0 Å². The summed E-state index contributed by atoms with van der Waals surface area (Å²) in [6, 6.07) is 6.26. The maximum absolute atomic E-state index is 5.47. The van der Waals surface area contributed by atoms with E-state index in [9.17, 15) is 0 Å². The minimum absolute atomic E-state index is 0.642. The maximum atomic E-state index is 5.47. The number of methoxy groups -OCH3 is 1. The van der Waals surface area contributed by atoms with Gasteiger partial charge >= 0.3 is 0 Å². The molecule has 0 spiro atoms. The molecule has 0 saturated carbocycles. The lowest BCUT2D eigenvalue weighted by molar-refractivity contribution is 0.184. The molecule has 0 amide bonds. The summed E-state index contributed by atoms with van der Waals surface area (Å²) < 4.78 is 6.15. The SMILES string of the molecule is COCc1ccc(CCN)cc1Br. The van der Waals surface area contributed by atoms with Crippen LogP contribution in [0.2, 0.25) is 0 Å². The van der Waals surface area contributed by atoms with Gasteiger partial charge in [0, 0.05) is 11.6 Å². The zero-order chi connectivity index (χ0) is 9.68. The average Bonchev–Trinajstić information content (AvgIpc) is 2.10. The van der Waals surface area contributed by atoms with E-state index in [4.69, 9.17) is 10.5 Å². The second-order valence-corrected chi connectivity index (χ2v) is 3.75. The van der Waals surface area contributed by atoms with Crippen molar-refractivity contribution >= 4 is 15.9 Å². The molecular formula is C10H14BrNO. The molecule has 0 heterocycles. The van der Waals surface area contributed by atoms with Crippen LogP contribution in [0, 0.1) is 0 Å². The van der Waals surface area contributed by atoms with E-state index in [2.05, 4.69) is 34.1 Å². The quantitative estimate of drug-likeness (QED) is 0.880. The van der Waals surface area contributed by atoms with Crippen LogP contribution in [0.1, 0.15) is 11.1 Å². The Labute approximate surface area is 87.2 Å². The summed E-state index contributed by atoms with van der Waals surface area (Å²) in [7, 11) is 1.69. The Bertz CT molecular complexity index is 276. The maximum Gasteiger partial charge on any atom is 0.0724 e. The molecule has 3 heteroatoms. The lowest BCUT2D eigenvalue weighted by atomic mass is 10.1. The number of hydrogen-bond acceptors (Lipinski definition) is 2. The zero-order valence-corrected chi connectivity index (χ0v) is 9.30. The second-order valence-electron chi connectivity index (χ2n) is 2.90. The van der Waals surface area contributed by atoms with Crippen LogP contribution in [0.5, 0.6) is 0 Å². The third-order valence-electron chi connectivity index (χ3n) is 1.85. The minimum Gasteiger partial charge on any atom is -0.380 e. The van der Waals surface area contributed by atoms with Crippen molar-refractivity contribution in [3.63, 3.8) is 0 Å². The average molecular weight is 244 g/mol. The molecule has 1 aromatic carbocycles. The minimum atomic E-state index is 0.642. The highest BCUT2D eigenvalue weighted by Crippen LogP contribution is 2.19. The molecule has 1 rings (SSSR count). The zero-order valence-electron chi connectivity index (χ0n) is 7.72. The van der Waals surface area contributed by atoms with E-state index in [1.807, 2.05) is 0 Å². The van der Waals surface area contributed by atoms with Gasteiger partial charge in [-0.2, -0.15) is 0 Å². The summed E-state index contributed by atoms with van der Waals surface area (Å²) >= 11 is 3.50. The predicted octanol–water partition coefficient (Wildman–Crippen LogP) is 2.10.